The lowest BCUT2D eigenvalue weighted by Gasteiger charge is -2.34. The van der Waals surface area contributed by atoms with Gasteiger partial charge in [0.05, 0.1) is 26.5 Å². The van der Waals surface area contributed by atoms with Crippen LogP contribution in [-0.4, -0.2) is 61.0 Å². The Morgan fingerprint density at radius 2 is 1.79 bits per heavy atom. The fourth-order valence-electron chi connectivity index (χ4n) is 3.80. The van der Waals surface area contributed by atoms with Crippen LogP contribution in [-0.2, 0) is 18.2 Å². The second-order valence-electron chi connectivity index (χ2n) is 7.90. The van der Waals surface area contributed by atoms with Gasteiger partial charge in [-0.1, -0.05) is 12.1 Å². The van der Waals surface area contributed by atoms with Gasteiger partial charge in [-0.05, 0) is 48.4 Å². The number of ether oxygens (including phenoxy) is 3. The summed E-state index contributed by atoms with van der Waals surface area (Å²) in [6.07, 6.45) is 4.76. The minimum absolute atomic E-state index is 0. The van der Waals surface area contributed by atoms with Crippen molar-refractivity contribution in [3.63, 3.8) is 0 Å². The van der Waals surface area contributed by atoms with Gasteiger partial charge in [0.15, 0.2) is 5.96 Å². The minimum Gasteiger partial charge on any atom is -0.497 e. The van der Waals surface area contributed by atoms with Gasteiger partial charge in [0, 0.05) is 38.9 Å². The number of aliphatic imine (C=N–C) groups is 1. The summed E-state index contributed by atoms with van der Waals surface area (Å²) in [6.45, 7) is 3.02. The van der Waals surface area contributed by atoms with Crippen LogP contribution in [0, 0.1) is 0 Å². The highest BCUT2D eigenvalue weighted by atomic mass is 127. The van der Waals surface area contributed by atoms with E-state index in [1.807, 2.05) is 62.9 Å². The fourth-order valence-corrected chi connectivity index (χ4v) is 3.80. The van der Waals surface area contributed by atoms with Crippen LogP contribution < -0.4 is 14.8 Å². The van der Waals surface area contributed by atoms with Crippen molar-refractivity contribution in [2.75, 3.05) is 40.4 Å². The van der Waals surface area contributed by atoms with Gasteiger partial charge in [-0.3, -0.25) is 9.67 Å². The van der Waals surface area contributed by atoms with Crippen LogP contribution in [0.4, 0.5) is 0 Å². The number of hydrogen-bond acceptors (Lipinski definition) is 5. The number of aromatic nitrogens is 2. The lowest BCUT2D eigenvalue weighted by atomic mass is 10.1. The number of hydrogen-bond donors (Lipinski definition) is 1. The monoisotopic (exact) mass is 577 g/mol. The SMILES string of the molecule is CN=C(NCCc1ccc(Oc2ccc(OC)cc2)cc1)N1CCOC(c2cnn(C)c2)C1.I. The first-order valence-corrected chi connectivity index (χ1v) is 11.1. The number of morpholine rings is 1. The number of rotatable bonds is 7. The molecule has 1 saturated heterocycles. The zero-order chi connectivity index (χ0) is 23.0. The highest BCUT2D eigenvalue weighted by Gasteiger charge is 2.25. The van der Waals surface area contributed by atoms with Crippen molar-refractivity contribution >= 4 is 29.9 Å². The van der Waals surface area contributed by atoms with E-state index >= 15 is 0 Å². The van der Waals surface area contributed by atoms with E-state index in [9.17, 15) is 0 Å². The molecule has 4 rings (SSSR count). The third-order valence-electron chi connectivity index (χ3n) is 5.59. The molecule has 0 aliphatic carbocycles. The number of aryl methyl sites for hydroxylation is 1. The second kappa shape index (κ2) is 12.6. The van der Waals surface area contributed by atoms with Crippen LogP contribution in [0.5, 0.6) is 17.2 Å². The normalized spacial score (nSPS) is 16.0. The van der Waals surface area contributed by atoms with Crippen molar-refractivity contribution in [1.29, 1.82) is 0 Å². The number of halogens is 1. The standard InChI is InChI=1S/C25H31N5O3.HI/c1-26-25(30-14-15-32-24(18-30)20-16-28-29(2)17-20)27-13-12-19-4-6-22(7-5-19)33-23-10-8-21(31-3)9-11-23;/h4-11,16-17,24H,12-15,18H2,1-3H3,(H,26,27);1H. The van der Waals surface area contributed by atoms with E-state index in [2.05, 4.69) is 32.4 Å². The molecule has 2 aromatic carbocycles. The highest BCUT2D eigenvalue weighted by molar-refractivity contribution is 14.0. The van der Waals surface area contributed by atoms with Crippen molar-refractivity contribution in [3.05, 3.63) is 72.1 Å². The van der Waals surface area contributed by atoms with Crippen molar-refractivity contribution in [2.45, 2.75) is 12.5 Å². The Labute approximate surface area is 217 Å². The van der Waals surface area contributed by atoms with Crippen LogP contribution in [0.2, 0.25) is 0 Å². The Morgan fingerprint density at radius 3 is 2.41 bits per heavy atom. The zero-order valence-corrected chi connectivity index (χ0v) is 22.1. The summed E-state index contributed by atoms with van der Waals surface area (Å²) in [5.41, 5.74) is 2.32. The fraction of sp³-hybridized carbons (Fsp3) is 0.360. The van der Waals surface area contributed by atoms with Gasteiger partial charge in [-0.25, -0.2) is 0 Å². The quantitative estimate of drug-likeness (QED) is 0.260. The van der Waals surface area contributed by atoms with Crippen molar-refractivity contribution in [2.24, 2.45) is 12.0 Å². The molecule has 8 nitrogen and oxygen atoms in total. The molecule has 0 amide bonds. The minimum atomic E-state index is 0. The summed E-state index contributed by atoms with van der Waals surface area (Å²) < 4.78 is 18.8. The van der Waals surface area contributed by atoms with E-state index in [1.165, 1.54) is 5.56 Å². The van der Waals surface area contributed by atoms with Crippen molar-refractivity contribution in [1.82, 2.24) is 20.0 Å². The average molecular weight is 577 g/mol. The molecule has 3 aromatic rings. The molecule has 0 bridgehead atoms. The number of benzene rings is 2. The molecule has 182 valence electrons. The Morgan fingerprint density at radius 1 is 1.12 bits per heavy atom. The molecule has 0 saturated carbocycles. The predicted molar refractivity (Wildman–Crippen MR) is 143 cm³/mol. The van der Waals surface area contributed by atoms with Crippen molar-refractivity contribution in [3.8, 4) is 17.2 Å². The van der Waals surface area contributed by atoms with E-state index in [0.29, 0.717) is 6.61 Å². The summed E-state index contributed by atoms with van der Waals surface area (Å²) in [5.74, 6) is 3.29. The third-order valence-corrected chi connectivity index (χ3v) is 5.59. The Balaban J connectivity index is 0.00000324. The van der Waals surface area contributed by atoms with E-state index < -0.39 is 0 Å². The van der Waals surface area contributed by atoms with Crippen LogP contribution in [0.1, 0.15) is 17.2 Å². The third kappa shape index (κ3) is 6.86. The molecule has 2 heterocycles. The maximum absolute atomic E-state index is 5.95. The Bertz CT molecular complexity index is 1050. The number of nitrogens with zero attached hydrogens (tertiary/aromatic N) is 4. The zero-order valence-electron chi connectivity index (χ0n) is 19.8. The van der Waals surface area contributed by atoms with Gasteiger partial charge < -0.3 is 24.4 Å². The van der Waals surface area contributed by atoms with Gasteiger partial charge in [0.25, 0.3) is 0 Å². The highest BCUT2D eigenvalue weighted by Crippen LogP contribution is 2.24. The summed E-state index contributed by atoms with van der Waals surface area (Å²) in [5, 5.41) is 7.75. The molecular formula is C25H32IN5O3. The molecule has 1 aromatic heterocycles. The Hall–Kier alpha value is -2.79. The van der Waals surface area contributed by atoms with Gasteiger partial charge in [0.2, 0.25) is 0 Å². The van der Waals surface area contributed by atoms with E-state index in [1.54, 1.807) is 11.8 Å². The molecule has 1 fully saturated rings. The molecule has 1 atom stereocenters. The predicted octanol–water partition coefficient (Wildman–Crippen LogP) is 4.03. The summed E-state index contributed by atoms with van der Waals surface area (Å²) in [6, 6.07) is 15.7. The molecule has 9 heteroatoms. The van der Waals surface area contributed by atoms with E-state index in [-0.39, 0.29) is 30.1 Å². The lowest BCUT2D eigenvalue weighted by molar-refractivity contribution is -0.00800. The van der Waals surface area contributed by atoms with Gasteiger partial charge in [0.1, 0.15) is 23.4 Å². The van der Waals surface area contributed by atoms with Crippen LogP contribution >= 0.6 is 24.0 Å². The molecule has 0 radical (unpaired) electrons. The molecule has 34 heavy (non-hydrogen) atoms. The van der Waals surface area contributed by atoms with Crippen LogP contribution in [0.25, 0.3) is 0 Å². The first-order valence-electron chi connectivity index (χ1n) is 11.1. The lowest BCUT2D eigenvalue weighted by Crippen LogP contribution is -2.48. The van der Waals surface area contributed by atoms with Gasteiger partial charge >= 0.3 is 0 Å². The molecule has 1 unspecified atom stereocenters. The van der Waals surface area contributed by atoms with E-state index in [4.69, 9.17) is 14.2 Å². The summed E-state index contributed by atoms with van der Waals surface area (Å²) in [4.78, 5) is 6.72. The van der Waals surface area contributed by atoms with Crippen LogP contribution in [0.3, 0.4) is 0 Å². The number of guanidine groups is 1. The first-order chi connectivity index (χ1) is 16.1. The second-order valence-corrected chi connectivity index (χ2v) is 7.90. The molecule has 0 spiro atoms. The Kier molecular flexibility index (Phi) is 9.58. The molecule has 1 aliphatic heterocycles. The molecule has 1 N–H and O–H groups in total. The number of nitrogens with one attached hydrogen (secondary N) is 1. The summed E-state index contributed by atoms with van der Waals surface area (Å²) >= 11 is 0. The van der Waals surface area contributed by atoms with E-state index in [0.717, 1.165) is 54.8 Å². The number of methoxy groups -OCH3 is 1. The average Bonchev–Trinajstić information content (AvgIpc) is 3.30. The largest absolute Gasteiger partial charge is 0.497 e. The topological polar surface area (TPSA) is 73.1 Å². The molecule has 1 aliphatic rings. The van der Waals surface area contributed by atoms with Gasteiger partial charge in [-0.15, -0.1) is 24.0 Å². The maximum atomic E-state index is 5.95. The first kappa shape index (κ1) is 25.8. The summed E-state index contributed by atoms with van der Waals surface area (Å²) in [7, 11) is 5.39. The maximum Gasteiger partial charge on any atom is 0.193 e. The molecular weight excluding hydrogens is 545 g/mol. The van der Waals surface area contributed by atoms with Crippen molar-refractivity contribution < 1.29 is 14.2 Å². The van der Waals surface area contributed by atoms with Crippen LogP contribution in [0.15, 0.2) is 65.9 Å². The van der Waals surface area contributed by atoms with Gasteiger partial charge in [-0.2, -0.15) is 5.10 Å². The smallest absolute Gasteiger partial charge is 0.193 e.